The van der Waals surface area contributed by atoms with E-state index in [0.29, 0.717) is 0 Å². The molecule has 0 aromatic carbocycles. The van der Waals surface area contributed by atoms with Gasteiger partial charge in [0.2, 0.25) is 0 Å². The first-order valence-electron chi connectivity index (χ1n) is 4.72. The normalized spacial score (nSPS) is 10.4. The summed E-state index contributed by atoms with van der Waals surface area (Å²) in [4.78, 5) is 3.98. The molecule has 2 aromatic rings. The molecule has 2 heterocycles. The highest BCUT2D eigenvalue weighted by Gasteiger charge is 1.95. The van der Waals surface area contributed by atoms with E-state index in [1.54, 1.807) is 0 Å². The molecular formula is C11H13N3. The number of pyridine rings is 1. The van der Waals surface area contributed by atoms with Crippen molar-refractivity contribution >= 4 is 0 Å². The molecule has 0 aliphatic carbocycles. The van der Waals surface area contributed by atoms with Crippen LogP contribution in [0.25, 0.3) is 0 Å². The molecule has 2 aromatic heterocycles. The van der Waals surface area contributed by atoms with E-state index in [9.17, 15) is 0 Å². The number of rotatable bonds is 3. The van der Waals surface area contributed by atoms with Crippen LogP contribution in [0, 0.1) is 6.92 Å². The van der Waals surface area contributed by atoms with Gasteiger partial charge in [0, 0.05) is 25.1 Å². The van der Waals surface area contributed by atoms with Gasteiger partial charge in [-0.25, -0.2) is 0 Å². The minimum Gasteiger partial charge on any atom is -0.272 e. The molecule has 14 heavy (non-hydrogen) atoms. The summed E-state index contributed by atoms with van der Waals surface area (Å²) >= 11 is 0. The minimum atomic E-state index is 0.928. The predicted molar refractivity (Wildman–Crippen MR) is 54.9 cm³/mol. The fraction of sp³-hybridized carbons (Fsp3) is 0.273. The number of hydrogen-bond donors (Lipinski definition) is 0. The highest BCUT2D eigenvalue weighted by Crippen LogP contribution is 2.01. The SMILES string of the molecule is Cc1cnn(CCc2ccncc2)c1. The van der Waals surface area contributed by atoms with E-state index in [1.807, 2.05) is 35.4 Å². The Balaban J connectivity index is 1.95. The Labute approximate surface area is 83.4 Å². The van der Waals surface area contributed by atoms with Gasteiger partial charge in [-0.2, -0.15) is 5.10 Å². The first-order valence-corrected chi connectivity index (χ1v) is 4.72. The van der Waals surface area contributed by atoms with Crippen molar-refractivity contribution in [2.24, 2.45) is 0 Å². The van der Waals surface area contributed by atoms with Crippen LogP contribution in [0.1, 0.15) is 11.1 Å². The standard InChI is InChI=1S/C11H13N3/c1-10-8-13-14(9-10)7-4-11-2-5-12-6-3-11/h2-3,5-6,8-9H,4,7H2,1H3. The Morgan fingerprint density at radius 3 is 2.71 bits per heavy atom. The minimum absolute atomic E-state index is 0.928. The quantitative estimate of drug-likeness (QED) is 0.734. The Bertz CT molecular complexity index is 392. The van der Waals surface area contributed by atoms with Gasteiger partial charge in [-0.05, 0) is 36.6 Å². The zero-order valence-electron chi connectivity index (χ0n) is 8.22. The van der Waals surface area contributed by atoms with Gasteiger partial charge in [-0.1, -0.05) is 0 Å². The van der Waals surface area contributed by atoms with Crippen LogP contribution in [-0.2, 0) is 13.0 Å². The van der Waals surface area contributed by atoms with Gasteiger partial charge in [-0.15, -0.1) is 0 Å². The second kappa shape index (κ2) is 4.05. The van der Waals surface area contributed by atoms with E-state index in [-0.39, 0.29) is 0 Å². The van der Waals surface area contributed by atoms with Crippen molar-refractivity contribution in [3.63, 3.8) is 0 Å². The van der Waals surface area contributed by atoms with Crippen LogP contribution >= 0.6 is 0 Å². The summed E-state index contributed by atoms with van der Waals surface area (Å²) in [5, 5.41) is 4.23. The lowest BCUT2D eigenvalue weighted by Crippen LogP contribution is -2.01. The summed E-state index contributed by atoms with van der Waals surface area (Å²) in [7, 11) is 0. The van der Waals surface area contributed by atoms with E-state index in [4.69, 9.17) is 0 Å². The van der Waals surface area contributed by atoms with Crippen molar-refractivity contribution in [2.45, 2.75) is 19.9 Å². The van der Waals surface area contributed by atoms with Gasteiger partial charge in [-0.3, -0.25) is 9.67 Å². The monoisotopic (exact) mass is 187 g/mol. The number of nitrogens with zero attached hydrogens (tertiary/aromatic N) is 3. The average molecular weight is 187 g/mol. The summed E-state index contributed by atoms with van der Waals surface area (Å²) in [5.74, 6) is 0. The third kappa shape index (κ3) is 2.19. The van der Waals surface area contributed by atoms with E-state index in [0.717, 1.165) is 13.0 Å². The summed E-state index contributed by atoms with van der Waals surface area (Å²) < 4.78 is 1.97. The molecule has 3 heteroatoms. The van der Waals surface area contributed by atoms with Crippen molar-refractivity contribution < 1.29 is 0 Å². The lowest BCUT2D eigenvalue weighted by molar-refractivity contribution is 0.614. The second-order valence-electron chi connectivity index (χ2n) is 3.39. The van der Waals surface area contributed by atoms with Crippen LogP contribution in [0.15, 0.2) is 36.9 Å². The van der Waals surface area contributed by atoms with E-state index < -0.39 is 0 Å². The molecule has 72 valence electrons. The molecule has 0 saturated heterocycles. The molecule has 0 N–H and O–H groups in total. The average Bonchev–Trinajstić information content (AvgIpc) is 2.63. The smallest absolute Gasteiger partial charge is 0.0518 e. The lowest BCUT2D eigenvalue weighted by Gasteiger charge is -2.00. The molecule has 0 fully saturated rings. The molecule has 0 spiro atoms. The maximum Gasteiger partial charge on any atom is 0.0518 e. The topological polar surface area (TPSA) is 30.7 Å². The lowest BCUT2D eigenvalue weighted by atomic mass is 10.2. The first kappa shape index (κ1) is 8.94. The van der Waals surface area contributed by atoms with Gasteiger partial charge in [0.05, 0.1) is 6.20 Å². The number of hydrogen-bond acceptors (Lipinski definition) is 2. The molecule has 0 aliphatic heterocycles. The van der Waals surface area contributed by atoms with Crippen molar-refractivity contribution in [3.05, 3.63) is 48.0 Å². The maximum atomic E-state index is 4.23. The second-order valence-corrected chi connectivity index (χ2v) is 3.39. The van der Waals surface area contributed by atoms with Gasteiger partial charge in [0.25, 0.3) is 0 Å². The Hall–Kier alpha value is -1.64. The molecule has 0 bridgehead atoms. The van der Waals surface area contributed by atoms with Gasteiger partial charge < -0.3 is 0 Å². The first-order chi connectivity index (χ1) is 6.84. The Morgan fingerprint density at radius 1 is 1.29 bits per heavy atom. The molecule has 0 radical (unpaired) electrons. The molecule has 0 amide bonds. The zero-order chi connectivity index (χ0) is 9.80. The van der Waals surface area contributed by atoms with Crippen molar-refractivity contribution in [2.75, 3.05) is 0 Å². The molecule has 0 unspecified atom stereocenters. The Morgan fingerprint density at radius 2 is 2.07 bits per heavy atom. The van der Waals surface area contributed by atoms with Crippen LogP contribution in [-0.4, -0.2) is 14.8 Å². The molecule has 3 nitrogen and oxygen atoms in total. The summed E-state index contributed by atoms with van der Waals surface area (Å²) in [6.45, 7) is 2.98. The third-order valence-electron chi connectivity index (χ3n) is 2.14. The molecule has 2 rings (SSSR count). The van der Waals surface area contributed by atoms with Crippen LogP contribution in [0.2, 0.25) is 0 Å². The number of aryl methyl sites for hydroxylation is 3. The van der Waals surface area contributed by atoms with Gasteiger partial charge in [0.1, 0.15) is 0 Å². The van der Waals surface area contributed by atoms with Crippen molar-refractivity contribution in [1.82, 2.24) is 14.8 Å². The molecular weight excluding hydrogens is 174 g/mol. The van der Waals surface area contributed by atoms with Crippen molar-refractivity contribution in [3.8, 4) is 0 Å². The van der Waals surface area contributed by atoms with E-state index >= 15 is 0 Å². The maximum absolute atomic E-state index is 4.23. The van der Waals surface area contributed by atoms with Crippen LogP contribution in [0.5, 0.6) is 0 Å². The van der Waals surface area contributed by atoms with Crippen LogP contribution in [0.4, 0.5) is 0 Å². The molecule has 0 atom stereocenters. The van der Waals surface area contributed by atoms with Crippen molar-refractivity contribution in [1.29, 1.82) is 0 Å². The highest BCUT2D eigenvalue weighted by atomic mass is 15.3. The summed E-state index contributed by atoms with van der Waals surface area (Å²) in [6.07, 6.45) is 8.59. The van der Waals surface area contributed by atoms with Crippen LogP contribution in [0.3, 0.4) is 0 Å². The summed E-state index contributed by atoms with van der Waals surface area (Å²) in [5.41, 5.74) is 2.51. The molecule has 0 aliphatic rings. The van der Waals surface area contributed by atoms with Gasteiger partial charge >= 0.3 is 0 Å². The fourth-order valence-corrected chi connectivity index (χ4v) is 1.38. The Kier molecular flexibility index (Phi) is 2.58. The van der Waals surface area contributed by atoms with E-state index in [1.165, 1.54) is 11.1 Å². The zero-order valence-corrected chi connectivity index (χ0v) is 8.22. The third-order valence-corrected chi connectivity index (χ3v) is 2.14. The predicted octanol–water partition coefficient (Wildman–Crippen LogP) is 1.83. The largest absolute Gasteiger partial charge is 0.272 e. The number of aromatic nitrogens is 3. The van der Waals surface area contributed by atoms with E-state index in [2.05, 4.69) is 23.2 Å². The molecule has 0 saturated carbocycles. The van der Waals surface area contributed by atoms with Gasteiger partial charge in [0.15, 0.2) is 0 Å². The fourth-order valence-electron chi connectivity index (χ4n) is 1.38. The highest BCUT2D eigenvalue weighted by molar-refractivity contribution is 5.09. The van der Waals surface area contributed by atoms with Crippen LogP contribution < -0.4 is 0 Å². The summed E-state index contributed by atoms with van der Waals surface area (Å²) in [6, 6.07) is 4.08.